The molecule has 1 aliphatic rings. The number of carboxylic acids is 1. The second kappa shape index (κ2) is 5.73. The lowest BCUT2D eigenvalue weighted by Crippen LogP contribution is -2.37. The molecule has 1 fully saturated rings. The van der Waals surface area contributed by atoms with Crippen molar-refractivity contribution in [3.8, 4) is 0 Å². The second-order valence-corrected chi connectivity index (χ2v) is 6.28. The number of hydrogen-bond acceptors (Lipinski definition) is 5. The predicted octanol–water partition coefficient (Wildman–Crippen LogP) is 2.10. The quantitative estimate of drug-likeness (QED) is 0.909. The maximum Gasteiger partial charge on any atom is 0.309 e. The van der Waals surface area contributed by atoms with E-state index in [0.29, 0.717) is 10.9 Å². The minimum absolute atomic E-state index is 0.0241. The standard InChI is InChI=1S/C11H16N2O2S2/c1-2-9-6-13(3-4-16-9)11-12-8(7-17-11)5-10(14)15/h7,9H,2-6H2,1H3,(H,14,15). The van der Waals surface area contributed by atoms with Crippen molar-refractivity contribution in [3.63, 3.8) is 0 Å². The summed E-state index contributed by atoms with van der Waals surface area (Å²) in [6, 6.07) is 0. The number of thioether (sulfide) groups is 1. The lowest BCUT2D eigenvalue weighted by molar-refractivity contribution is -0.136. The molecule has 4 nitrogen and oxygen atoms in total. The van der Waals surface area contributed by atoms with E-state index in [1.807, 2.05) is 17.1 Å². The third kappa shape index (κ3) is 3.35. The van der Waals surface area contributed by atoms with Gasteiger partial charge in [0.15, 0.2) is 5.13 Å². The van der Waals surface area contributed by atoms with Crippen molar-refractivity contribution in [1.82, 2.24) is 4.98 Å². The van der Waals surface area contributed by atoms with E-state index in [9.17, 15) is 4.79 Å². The van der Waals surface area contributed by atoms with Crippen LogP contribution in [0.15, 0.2) is 5.38 Å². The number of thiazole rings is 1. The summed E-state index contributed by atoms with van der Waals surface area (Å²) >= 11 is 3.57. The van der Waals surface area contributed by atoms with E-state index in [-0.39, 0.29) is 6.42 Å². The number of hydrogen-bond donors (Lipinski definition) is 1. The first-order chi connectivity index (χ1) is 8.19. The third-order valence-electron chi connectivity index (χ3n) is 2.74. The third-order valence-corrected chi connectivity index (χ3v) is 5.06. The zero-order valence-corrected chi connectivity index (χ0v) is 11.4. The predicted molar refractivity (Wildman–Crippen MR) is 72.2 cm³/mol. The lowest BCUT2D eigenvalue weighted by atomic mass is 10.3. The van der Waals surface area contributed by atoms with Crippen LogP contribution in [0.5, 0.6) is 0 Å². The normalized spacial score (nSPS) is 20.5. The number of rotatable bonds is 4. The van der Waals surface area contributed by atoms with Crippen molar-refractivity contribution in [3.05, 3.63) is 11.1 Å². The summed E-state index contributed by atoms with van der Waals surface area (Å²) in [7, 11) is 0. The Morgan fingerprint density at radius 1 is 1.71 bits per heavy atom. The van der Waals surface area contributed by atoms with Crippen LogP contribution in [0.4, 0.5) is 5.13 Å². The number of anilines is 1. The summed E-state index contributed by atoms with van der Waals surface area (Å²) in [5.74, 6) is 0.314. The Bertz CT molecular complexity index is 395. The van der Waals surface area contributed by atoms with Crippen LogP contribution in [0.25, 0.3) is 0 Å². The minimum Gasteiger partial charge on any atom is -0.481 e. The van der Waals surface area contributed by atoms with Gasteiger partial charge in [-0.1, -0.05) is 6.92 Å². The Morgan fingerprint density at radius 2 is 2.53 bits per heavy atom. The van der Waals surface area contributed by atoms with Crippen molar-refractivity contribution in [2.24, 2.45) is 0 Å². The smallest absolute Gasteiger partial charge is 0.309 e. The molecule has 0 saturated carbocycles. The number of carboxylic acid groups (broad SMARTS) is 1. The topological polar surface area (TPSA) is 53.4 Å². The van der Waals surface area contributed by atoms with Crippen LogP contribution in [0.2, 0.25) is 0 Å². The molecule has 1 aromatic heterocycles. The highest BCUT2D eigenvalue weighted by molar-refractivity contribution is 8.00. The highest BCUT2D eigenvalue weighted by Gasteiger charge is 2.21. The van der Waals surface area contributed by atoms with Crippen molar-refractivity contribution in [2.75, 3.05) is 23.7 Å². The van der Waals surface area contributed by atoms with E-state index in [0.717, 1.165) is 24.0 Å². The number of aromatic nitrogens is 1. The molecule has 2 rings (SSSR count). The molecule has 0 aliphatic carbocycles. The highest BCUT2D eigenvalue weighted by Crippen LogP contribution is 2.28. The van der Waals surface area contributed by atoms with Gasteiger partial charge in [-0.05, 0) is 6.42 Å². The molecule has 0 bridgehead atoms. The minimum atomic E-state index is -0.817. The Hall–Kier alpha value is -0.750. The van der Waals surface area contributed by atoms with E-state index in [2.05, 4.69) is 16.8 Å². The van der Waals surface area contributed by atoms with Gasteiger partial charge in [0.05, 0.1) is 12.1 Å². The molecule has 0 amide bonds. The van der Waals surface area contributed by atoms with Gasteiger partial charge in [0, 0.05) is 29.5 Å². The molecule has 1 saturated heterocycles. The van der Waals surface area contributed by atoms with Crippen molar-refractivity contribution in [2.45, 2.75) is 25.0 Å². The van der Waals surface area contributed by atoms with Gasteiger partial charge in [-0.3, -0.25) is 4.79 Å². The Kier molecular flexibility index (Phi) is 4.28. The van der Waals surface area contributed by atoms with Crippen molar-refractivity contribution < 1.29 is 9.90 Å². The van der Waals surface area contributed by atoms with Gasteiger partial charge >= 0.3 is 5.97 Å². The van der Waals surface area contributed by atoms with Gasteiger partial charge in [0.1, 0.15) is 0 Å². The fourth-order valence-corrected chi connectivity index (χ4v) is 3.86. The van der Waals surface area contributed by atoms with Crippen molar-refractivity contribution in [1.29, 1.82) is 0 Å². The molecule has 0 spiro atoms. The van der Waals surface area contributed by atoms with E-state index >= 15 is 0 Å². The van der Waals surface area contributed by atoms with Crippen LogP contribution in [0, 0.1) is 0 Å². The molecule has 94 valence electrons. The van der Waals surface area contributed by atoms with Crippen LogP contribution in [-0.2, 0) is 11.2 Å². The SMILES string of the molecule is CCC1CN(c2nc(CC(=O)O)cs2)CCS1. The fourth-order valence-electron chi connectivity index (χ4n) is 1.82. The first-order valence-electron chi connectivity index (χ1n) is 5.71. The van der Waals surface area contributed by atoms with E-state index in [4.69, 9.17) is 5.11 Å². The van der Waals surface area contributed by atoms with Gasteiger partial charge in [-0.15, -0.1) is 11.3 Å². The molecule has 0 aromatic carbocycles. The summed E-state index contributed by atoms with van der Waals surface area (Å²) in [6.45, 7) is 4.25. The number of carbonyl (C=O) groups is 1. The summed E-state index contributed by atoms with van der Waals surface area (Å²) in [5.41, 5.74) is 0.670. The van der Waals surface area contributed by atoms with Gasteiger partial charge in [-0.2, -0.15) is 11.8 Å². The molecule has 0 radical (unpaired) electrons. The van der Waals surface area contributed by atoms with E-state index in [1.54, 1.807) is 11.3 Å². The van der Waals surface area contributed by atoms with Crippen LogP contribution in [0.3, 0.4) is 0 Å². The number of nitrogens with zero attached hydrogens (tertiary/aromatic N) is 2. The molecular weight excluding hydrogens is 256 g/mol. The zero-order valence-electron chi connectivity index (χ0n) is 9.76. The summed E-state index contributed by atoms with van der Waals surface area (Å²) in [5, 5.41) is 12.2. The fraction of sp³-hybridized carbons (Fsp3) is 0.636. The molecule has 1 N–H and O–H groups in total. The lowest BCUT2D eigenvalue weighted by Gasteiger charge is -2.31. The van der Waals surface area contributed by atoms with Crippen LogP contribution < -0.4 is 4.90 Å². The summed E-state index contributed by atoms with van der Waals surface area (Å²) < 4.78 is 0. The maximum absolute atomic E-state index is 10.6. The average Bonchev–Trinajstić information content (AvgIpc) is 2.77. The first-order valence-corrected chi connectivity index (χ1v) is 7.64. The van der Waals surface area contributed by atoms with Gasteiger partial charge in [0.25, 0.3) is 0 Å². The molecule has 1 unspecified atom stereocenters. The van der Waals surface area contributed by atoms with E-state index in [1.165, 1.54) is 6.42 Å². The Balaban J connectivity index is 2.01. The van der Waals surface area contributed by atoms with Crippen LogP contribution in [0.1, 0.15) is 19.0 Å². The highest BCUT2D eigenvalue weighted by atomic mass is 32.2. The molecule has 1 aromatic rings. The average molecular weight is 272 g/mol. The Morgan fingerprint density at radius 3 is 3.24 bits per heavy atom. The summed E-state index contributed by atoms with van der Waals surface area (Å²) in [6.07, 6.45) is 1.20. The van der Waals surface area contributed by atoms with Crippen LogP contribution in [-0.4, -0.2) is 40.2 Å². The molecule has 17 heavy (non-hydrogen) atoms. The van der Waals surface area contributed by atoms with Crippen molar-refractivity contribution >= 4 is 34.2 Å². The van der Waals surface area contributed by atoms with Gasteiger partial charge < -0.3 is 10.0 Å². The monoisotopic (exact) mass is 272 g/mol. The van der Waals surface area contributed by atoms with Gasteiger partial charge in [-0.25, -0.2) is 4.98 Å². The number of aliphatic carboxylic acids is 1. The second-order valence-electron chi connectivity index (χ2n) is 4.04. The van der Waals surface area contributed by atoms with Crippen LogP contribution >= 0.6 is 23.1 Å². The molecular formula is C11H16N2O2S2. The molecule has 2 heterocycles. The van der Waals surface area contributed by atoms with Gasteiger partial charge in [0.2, 0.25) is 0 Å². The van der Waals surface area contributed by atoms with E-state index < -0.39 is 5.97 Å². The first kappa shape index (κ1) is 12.7. The maximum atomic E-state index is 10.6. The molecule has 1 aliphatic heterocycles. The Labute approximate surface area is 109 Å². The zero-order chi connectivity index (χ0) is 12.3. The summed E-state index contributed by atoms with van der Waals surface area (Å²) in [4.78, 5) is 17.3. The molecule has 1 atom stereocenters. The largest absolute Gasteiger partial charge is 0.481 e. The molecule has 6 heteroatoms.